The van der Waals surface area contributed by atoms with Gasteiger partial charge >= 0.3 is 0 Å². The monoisotopic (exact) mass is 410 g/mol. The number of carbonyl (C=O) groups excluding carboxylic acids is 1. The Hall–Kier alpha value is -1.90. The zero-order chi connectivity index (χ0) is 20.1. The van der Waals surface area contributed by atoms with Crippen LogP contribution in [0.1, 0.15) is 38.1 Å². The Morgan fingerprint density at radius 3 is 2.37 bits per heavy atom. The van der Waals surface area contributed by atoms with E-state index < -0.39 is 10.0 Å². The molecule has 2 rings (SSSR count). The summed E-state index contributed by atoms with van der Waals surface area (Å²) in [6.07, 6.45) is 0. The summed E-state index contributed by atoms with van der Waals surface area (Å²) in [6, 6.07) is 11.0. The molecule has 0 bridgehead atoms. The maximum Gasteiger partial charge on any atom is 0.250 e. The number of hydrogen-bond donors (Lipinski definition) is 2. The minimum Gasteiger partial charge on any atom is -0.492 e. The average Bonchev–Trinajstić information content (AvgIpc) is 3.06. The summed E-state index contributed by atoms with van der Waals surface area (Å²) in [6.45, 7) is 8.57. The van der Waals surface area contributed by atoms with E-state index in [1.165, 1.54) is 18.6 Å². The lowest BCUT2D eigenvalue weighted by molar-refractivity contribution is -0.119. The van der Waals surface area contributed by atoms with E-state index in [0.717, 1.165) is 16.2 Å². The maximum atomic E-state index is 12.3. The summed E-state index contributed by atoms with van der Waals surface area (Å²) in [5.41, 5.74) is 1.29. The van der Waals surface area contributed by atoms with Gasteiger partial charge in [-0.3, -0.25) is 4.79 Å². The van der Waals surface area contributed by atoms with Gasteiger partial charge in [-0.25, -0.2) is 13.1 Å². The standard InChI is InChI=1S/C19H26N2O4S2/c1-14(22)20-13-17-9-10-18(26-17)27(23,24)21-11-12-25-16-7-5-15(6-8-16)19(2,3)4/h5-10,21H,11-13H2,1-4H3,(H,20,22). The highest BCUT2D eigenvalue weighted by atomic mass is 32.2. The molecule has 2 N–H and O–H groups in total. The quantitative estimate of drug-likeness (QED) is 0.655. The van der Waals surface area contributed by atoms with Gasteiger partial charge in [0.1, 0.15) is 16.6 Å². The molecule has 1 amide bonds. The van der Waals surface area contributed by atoms with E-state index in [-0.39, 0.29) is 28.7 Å². The number of rotatable bonds is 8. The molecule has 1 heterocycles. The third-order valence-corrected chi connectivity index (χ3v) is 6.83. The Morgan fingerprint density at radius 2 is 1.78 bits per heavy atom. The van der Waals surface area contributed by atoms with Crippen molar-refractivity contribution in [1.29, 1.82) is 0 Å². The number of ether oxygens (including phenoxy) is 1. The lowest BCUT2D eigenvalue weighted by Gasteiger charge is -2.19. The number of sulfonamides is 1. The number of thiophene rings is 1. The van der Waals surface area contributed by atoms with Crippen LogP contribution in [0.3, 0.4) is 0 Å². The van der Waals surface area contributed by atoms with Crippen LogP contribution in [0.15, 0.2) is 40.6 Å². The van der Waals surface area contributed by atoms with Gasteiger partial charge in [0.25, 0.3) is 0 Å². The normalized spacial score (nSPS) is 12.0. The van der Waals surface area contributed by atoms with Gasteiger partial charge in [0.2, 0.25) is 15.9 Å². The first-order valence-corrected chi connectivity index (χ1v) is 10.9. The van der Waals surface area contributed by atoms with E-state index in [2.05, 4.69) is 30.8 Å². The molecule has 0 aliphatic rings. The largest absolute Gasteiger partial charge is 0.492 e. The molecule has 8 heteroatoms. The predicted octanol–water partition coefficient (Wildman–Crippen LogP) is 3.04. The van der Waals surface area contributed by atoms with Crippen LogP contribution in [0.4, 0.5) is 0 Å². The summed E-state index contributed by atoms with van der Waals surface area (Å²) >= 11 is 1.13. The molecule has 0 saturated carbocycles. The number of amides is 1. The highest BCUT2D eigenvalue weighted by molar-refractivity contribution is 7.91. The minimum atomic E-state index is -3.58. The van der Waals surface area contributed by atoms with Crippen LogP contribution >= 0.6 is 11.3 Å². The number of hydrogen-bond acceptors (Lipinski definition) is 5. The molecule has 0 aliphatic heterocycles. The van der Waals surface area contributed by atoms with Crippen LogP contribution in [0.2, 0.25) is 0 Å². The average molecular weight is 411 g/mol. The summed E-state index contributed by atoms with van der Waals surface area (Å²) in [4.78, 5) is 11.7. The van der Waals surface area contributed by atoms with Crippen molar-refractivity contribution in [2.75, 3.05) is 13.2 Å². The SMILES string of the molecule is CC(=O)NCc1ccc(S(=O)(=O)NCCOc2ccc(C(C)(C)C)cc2)s1. The summed E-state index contributed by atoms with van der Waals surface area (Å²) < 4.78 is 33.0. The lowest BCUT2D eigenvalue weighted by Crippen LogP contribution is -2.27. The Bertz CT molecular complexity index is 866. The van der Waals surface area contributed by atoms with Crippen LogP contribution in [0, 0.1) is 0 Å². The minimum absolute atomic E-state index is 0.0770. The van der Waals surface area contributed by atoms with Gasteiger partial charge in [-0.2, -0.15) is 0 Å². The molecule has 6 nitrogen and oxygen atoms in total. The van der Waals surface area contributed by atoms with Gasteiger partial charge in [0, 0.05) is 18.3 Å². The Balaban J connectivity index is 1.83. The summed E-state index contributed by atoms with van der Waals surface area (Å²) in [5.74, 6) is 0.550. The first kappa shape index (κ1) is 21.4. The van der Waals surface area contributed by atoms with Crippen LogP contribution in [0.5, 0.6) is 5.75 Å². The zero-order valence-electron chi connectivity index (χ0n) is 16.0. The fraction of sp³-hybridized carbons (Fsp3) is 0.421. The van der Waals surface area contributed by atoms with E-state index in [9.17, 15) is 13.2 Å². The zero-order valence-corrected chi connectivity index (χ0v) is 17.7. The predicted molar refractivity (Wildman–Crippen MR) is 108 cm³/mol. The van der Waals surface area contributed by atoms with Crippen LogP contribution < -0.4 is 14.8 Å². The second kappa shape index (κ2) is 8.86. The molecule has 0 spiro atoms. The third kappa shape index (κ3) is 6.64. The van der Waals surface area contributed by atoms with Gasteiger partial charge in [-0.05, 0) is 35.2 Å². The van der Waals surface area contributed by atoms with E-state index in [4.69, 9.17) is 4.74 Å². The molecule has 0 fully saturated rings. The van der Waals surface area contributed by atoms with Crippen molar-refractivity contribution in [1.82, 2.24) is 10.0 Å². The second-order valence-electron chi connectivity index (χ2n) is 7.15. The Labute approximate surface area is 165 Å². The molecule has 2 aromatic rings. The Kier molecular flexibility index (Phi) is 7.02. The van der Waals surface area contributed by atoms with Crippen LogP contribution in [-0.4, -0.2) is 27.5 Å². The van der Waals surface area contributed by atoms with E-state index in [0.29, 0.717) is 12.3 Å². The first-order chi connectivity index (χ1) is 12.6. The highest BCUT2D eigenvalue weighted by Crippen LogP contribution is 2.24. The van der Waals surface area contributed by atoms with Crippen molar-refractivity contribution in [2.45, 2.75) is 43.9 Å². The topological polar surface area (TPSA) is 84.5 Å². The van der Waals surface area contributed by atoms with Gasteiger partial charge in [-0.1, -0.05) is 32.9 Å². The second-order valence-corrected chi connectivity index (χ2v) is 10.3. The van der Waals surface area contributed by atoms with Crippen molar-refractivity contribution in [2.24, 2.45) is 0 Å². The molecule has 1 aromatic heterocycles. The van der Waals surface area contributed by atoms with E-state index >= 15 is 0 Å². The molecular weight excluding hydrogens is 384 g/mol. The summed E-state index contributed by atoms with van der Waals surface area (Å²) in [5, 5.41) is 2.65. The lowest BCUT2D eigenvalue weighted by atomic mass is 9.87. The molecule has 1 aromatic carbocycles. The first-order valence-electron chi connectivity index (χ1n) is 8.64. The van der Waals surface area contributed by atoms with Crippen molar-refractivity contribution in [3.8, 4) is 5.75 Å². The van der Waals surface area contributed by atoms with E-state index in [1.807, 2.05) is 24.3 Å². The van der Waals surface area contributed by atoms with Crippen molar-refractivity contribution in [3.63, 3.8) is 0 Å². The fourth-order valence-electron chi connectivity index (χ4n) is 2.28. The van der Waals surface area contributed by atoms with Gasteiger partial charge in [0.05, 0.1) is 6.54 Å². The molecule has 27 heavy (non-hydrogen) atoms. The number of benzene rings is 1. The highest BCUT2D eigenvalue weighted by Gasteiger charge is 2.17. The maximum absolute atomic E-state index is 12.3. The van der Waals surface area contributed by atoms with Gasteiger partial charge in [0.15, 0.2) is 0 Å². The molecule has 0 atom stereocenters. The van der Waals surface area contributed by atoms with Gasteiger partial charge in [-0.15, -0.1) is 11.3 Å². The molecule has 0 aliphatic carbocycles. The fourth-order valence-corrected chi connectivity index (χ4v) is 4.63. The molecule has 0 unspecified atom stereocenters. The Morgan fingerprint density at radius 1 is 1.11 bits per heavy atom. The molecule has 148 valence electrons. The molecule has 0 radical (unpaired) electrons. The van der Waals surface area contributed by atoms with Crippen LogP contribution in [0.25, 0.3) is 0 Å². The summed E-state index contributed by atoms with van der Waals surface area (Å²) in [7, 11) is -3.58. The van der Waals surface area contributed by atoms with Crippen molar-refractivity contribution in [3.05, 3.63) is 46.8 Å². The number of nitrogens with one attached hydrogen (secondary N) is 2. The third-order valence-electron chi connectivity index (χ3n) is 3.80. The smallest absolute Gasteiger partial charge is 0.250 e. The van der Waals surface area contributed by atoms with E-state index in [1.54, 1.807) is 6.07 Å². The van der Waals surface area contributed by atoms with Crippen molar-refractivity contribution < 1.29 is 17.9 Å². The van der Waals surface area contributed by atoms with Crippen LogP contribution in [-0.2, 0) is 26.8 Å². The number of carbonyl (C=O) groups is 1. The molecular formula is C19H26N2O4S2. The van der Waals surface area contributed by atoms with Crippen molar-refractivity contribution >= 4 is 27.3 Å². The van der Waals surface area contributed by atoms with Gasteiger partial charge < -0.3 is 10.1 Å². The molecule has 0 saturated heterocycles.